The minimum absolute atomic E-state index is 0.227. The molecule has 1 aromatic rings. The van der Waals surface area contributed by atoms with Gasteiger partial charge in [0.2, 0.25) is 5.82 Å². The zero-order valence-electron chi connectivity index (χ0n) is 11.1. The SMILES string of the molecule is C[NH+](CCC(C)(C)NCl)c1ccc(C(F)(F)F)cn1. The summed E-state index contributed by atoms with van der Waals surface area (Å²) in [6.45, 7) is 4.62. The molecule has 1 unspecified atom stereocenters. The molecule has 3 nitrogen and oxygen atoms in total. The van der Waals surface area contributed by atoms with E-state index in [0.29, 0.717) is 12.4 Å². The predicted octanol–water partition coefficient (Wildman–Crippen LogP) is 2.16. The molecular weight excluding hydrogens is 279 g/mol. The highest BCUT2D eigenvalue weighted by molar-refractivity contribution is 6.13. The molecule has 0 bridgehead atoms. The highest BCUT2D eigenvalue weighted by Crippen LogP contribution is 2.28. The van der Waals surface area contributed by atoms with Crippen molar-refractivity contribution in [2.75, 3.05) is 13.6 Å². The molecule has 19 heavy (non-hydrogen) atoms. The van der Waals surface area contributed by atoms with Crippen LogP contribution in [-0.2, 0) is 6.18 Å². The number of hydrogen-bond acceptors (Lipinski definition) is 2. The van der Waals surface area contributed by atoms with Gasteiger partial charge in [-0.3, -0.25) is 4.90 Å². The minimum atomic E-state index is -4.34. The number of alkyl halides is 3. The maximum Gasteiger partial charge on any atom is 0.417 e. The summed E-state index contributed by atoms with van der Waals surface area (Å²) >= 11 is 5.59. The summed E-state index contributed by atoms with van der Waals surface area (Å²) in [4.78, 5) is 7.47. The zero-order valence-corrected chi connectivity index (χ0v) is 11.9. The van der Waals surface area contributed by atoms with Crippen LogP contribution in [0.5, 0.6) is 0 Å². The summed E-state index contributed by atoms with van der Waals surface area (Å²) < 4.78 is 37.2. The Kier molecular flexibility index (Phi) is 5.18. The van der Waals surface area contributed by atoms with Crippen LogP contribution in [0.15, 0.2) is 18.3 Å². The molecular formula is C12H18ClF3N3+. The molecule has 1 heterocycles. The first-order chi connectivity index (χ1) is 8.65. The van der Waals surface area contributed by atoms with E-state index in [9.17, 15) is 13.2 Å². The Hall–Kier alpha value is -0.850. The molecule has 0 aliphatic rings. The van der Waals surface area contributed by atoms with Crippen LogP contribution in [0.3, 0.4) is 0 Å². The van der Waals surface area contributed by atoms with Gasteiger partial charge in [-0.05, 0) is 31.7 Å². The normalized spacial score (nSPS) is 14.5. The fourth-order valence-electron chi connectivity index (χ4n) is 1.49. The molecule has 0 fully saturated rings. The van der Waals surface area contributed by atoms with E-state index in [1.54, 1.807) is 0 Å². The second kappa shape index (κ2) is 6.07. The summed E-state index contributed by atoms with van der Waals surface area (Å²) in [5, 5.41) is 0. The van der Waals surface area contributed by atoms with Gasteiger partial charge < -0.3 is 0 Å². The van der Waals surface area contributed by atoms with Crippen molar-refractivity contribution in [3.63, 3.8) is 0 Å². The number of pyridine rings is 1. The Labute approximate surface area is 115 Å². The lowest BCUT2D eigenvalue weighted by Crippen LogP contribution is -3.04. The number of halogens is 4. The molecule has 0 aliphatic carbocycles. The summed E-state index contributed by atoms with van der Waals surface area (Å²) in [7, 11) is 1.86. The van der Waals surface area contributed by atoms with Gasteiger partial charge >= 0.3 is 6.18 Å². The molecule has 1 rings (SSSR count). The van der Waals surface area contributed by atoms with Crippen molar-refractivity contribution in [3.05, 3.63) is 23.9 Å². The maximum atomic E-state index is 12.4. The van der Waals surface area contributed by atoms with E-state index in [2.05, 4.69) is 9.82 Å². The van der Waals surface area contributed by atoms with Crippen LogP contribution >= 0.6 is 11.8 Å². The molecule has 108 valence electrons. The number of quaternary nitrogens is 1. The van der Waals surface area contributed by atoms with Gasteiger partial charge in [0.15, 0.2) is 0 Å². The van der Waals surface area contributed by atoms with Crippen LogP contribution in [0.25, 0.3) is 0 Å². The number of nitrogens with zero attached hydrogens (tertiary/aromatic N) is 1. The first-order valence-electron chi connectivity index (χ1n) is 5.89. The van der Waals surface area contributed by atoms with E-state index in [-0.39, 0.29) is 5.54 Å². The van der Waals surface area contributed by atoms with E-state index in [0.717, 1.165) is 23.6 Å². The average Bonchev–Trinajstić information content (AvgIpc) is 2.35. The van der Waals surface area contributed by atoms with Crippen LogP contribution in [0.4, 0.5) is 19.0 Å². The van der Waals surface area contributed by atoms with Crippen LogP contribution in [0.1, 0.15) is 25.8 Å². The number of rotatable bonds is 5. The summed E-state index contributed by atoms with van der Waals surface area (Å²) in [5.41, 5.74) is -0.957. The second-order valence-electron chi connectivity index (χ2n) is 5.19. The second-order valence-corrected chi connectivity index (χ2v) is 5.38. The van der Waals surface area contributed by atoms with Crippen molar-refractivity contribution in [1.82, 2.24) is 9.82 Å². The molecule has 1 atom stereocenters. The van der Waals surface area contributed by atoms with E-state index < -0.39 is 11.7 Å². The molecule has 0 aliphatic heterocycles. The molecule has 0 spiro atoms. The first-order valence-corrected chi connectivity index (χ1v) is 6.27. The van der Waals surface area contributed by atoms with Crippen molar-refractivity contribution in [2.45, 2.75) is 32.0 Å². The van der Waals surface area contributed by atoms with Gasteiger partial charge in [0.1, 0.15) is 0 Å². The standard InChI is InChI=1S/C12H17ClF3N3/c1-11(2,18-13)6-7-19(3)10-5-4-9(8-17-10)12(14,15)16/h4-5,8,18H,6-7H2,1-3H3/p+1. The van der Waals surface area contributed by atoms with E-state index in [1.165, 1.54) is 6.07 Å². The predicted molar refractivity (Wildman–Crippen MR) is 68.3 cm³/mol. The van der Waals surface area contributed by atoms with Crippen molar-refractivity contribution in [1.29, 1.82) is 0 Å². The Balaban J connectivity index is 2.66. The largest absolute Gasteiger partial charge is 0.417 e. The molecule has 0 aromatic carbocycles. The van der Waals surface area contributed by atoms with Crippen molar-refractivity contribution >= 4 is 17.6 Å². The van der Waals surface area contributed by atoms with E-state index in [1.807, 2.05) is 20.9 Å². The van der Waals surface area contributed by atoms with E-state index in [4.69, 9.17) is 11.8 Å². The van der Waals surface area contributed by atoms with Gasteiger partial charge in [-0.25, -0.2) is 9.82 Å². The van der Waals surface area contributed by atoms with Crippen molar-refractivity contribution in [2.24, 2.45) is 0 Å². The summed E-state index contributed by atoms with van der Waals surface area (Å²) in [6.07, 6.45) is -2.71. The van der Waals surface area contributed by atoms with E-state index >= 15 is 0 Å². The molecule has 0 saturated carbocycles. The van der Waals surface area contributed by atoms with Gasteiger partial charge in [-0.2, -0.15) is 13.2 Å². The Bertz CT molecular complexity index is 404. The van der Waals surface area contributed by atoms with Gasteiger partial charge in [0.05, 0.1) is 19.2 Å². The lowest BCUT2D eigenvalue weighted by molar-refractivity contribution is -0.813. The van der Waals surface area contributed by atoms with Gasteiger partial charge in [0, 0.05) is 24.2 Å². The fourth-order valence-corrected chi connectivity index (χ4v) is 1.58. The number of aromatic nitrogens is 1. The average molecular weight is 297 g/mol. The Morgan fingerprint density at radius 1 is 1.32 bits per heavy atom. The van der Waals surface area contributed by atoms with Gasteiger partial charge in [-0.1, -0.05) is 0 Å². The third-order valence-electron chi connectivity index (χ3n) is 2.91. The minimum Gasteiger partial charge on any atom is -0.288 e. The third-order valence-corrected chi connectivity index (χ3v) is 3.42. The number of nitrogens with one attached hydrogen (secondary N) is 2. The van der Waals surface area contributed by atoms with Crippen molar-refractivity contribution in [3.8, 4) is 0 Å². The fraction of sp³-hybridized carbons (Fsp3) is 0.583. The molecule has 2 N–H and O–H groups in total. The zero-order chi connectivity index (χ0) is 14.7. The molecule has 0 radical (unpaired) electrons. The molecule has 7 heteroatoms. The summed E-state index contributed by atoms with van der Waals surface area (Å²) in [6, 6.07) is 2.45. The number of hydrogen-bond donors (Lipinski definition) is 2. The Morgan fingerprint density at radius 2 is 1.95 bits per heavy atom. The molecule has 1 aromatic heterocycles. The van der Waals surface area contributed by atoms with Crippen LogP contribution in [0.2, 0.25) is 0 Å². The van der Waals surface area contributed by atoms with Gasteiger partial charge in [0.25, 0.3) is 0 Å². The maximum absolute atomic E-state index is 12.4. The molecule has 0 amide bonds. The van der Waals surface area contributed by atoms with Gasteiger partial charge in [-0.15, -0.1) is 0 Å². The smallest absolute Gasteiger partial charge is 0.288 e. The summed E-state index contributed by atoms with van der Waals surface area (Å²) in [5.74, 6) is 0.582. The molecule has 0 saturated heterocycles. The highest BCUT2D eigenvalue weighted by Gasteiger charge is 2.31. The third kappa shape index (κ3) is 4.97. The lowest BCUT2D eigenvalue weighted by Gasteiger charge is -2.23. The van der Waals surface area contributed by atoms with Crippen LogP contribution < -0.4 is 9.74 Å². The van der Waals surface area contributed by atoms with Crippen LogP contribution in [-0.4, -0.2) is 24.1 Å². The topological polar surface area (TPSA) is 29.4 Å². The van der Waals surface area contributed by atoms with Crippen molar-refractivity contribution < 1.29 is 18.1 Å². The lowest BCUT2D eigenvalue weighted by atomic mass is 10.0. The monoisotopic (exact) mass is 296 g/mol. The quantitative estimate of drug-likeness (QED) is 0.816. The Morgan fingerprint density at radius 3 is 2.37 bits per heavy atom. The first kappa shape index (κ1) is 16.2. The highest BCUT2D eigenvalue weighted by atomic mass is 35.5. The van der Waals surface area contributed by atoms with Crippen LogP contribution in [0, 0.1) is 0 Å².